The molecular formula is C6H5F3O. The highest BCUT2D eigenvalue weighted by Crippen LogP contribution is 2.20. The molecule has 0 fully saturated rings. The Morgan fingerprint density at radius 3 is 2.50 bits per heavy atom. The largest absolute Gasteiger partial charge is 0.469 e. The molecule has 0 atom stereocenters. The van der Waals surface area contributed by atoms with Crippen LogP contribution in [0.2, 0.25) is 0 Å². The summed E-state index contributed by atoms with van der Waals surface area (Å²) in [7, 11) is 0. The van der Waals surface area contributed by atoms with Crippen molar-refractivity contribution in [2.45, 2.75) is 12.6 Å². The Morgan fingerprint density at radius 1 is 1.40 bits per heavy atom. The molecule has 0 N–H and O–H groups in total. The highest BCUT2D eigenvalue weighted by Gasteiger charge is 2.28. The normalized spacial score (nSPS) is 11.9. The maximum atomic E-state index is 11.6. The molecule has 0 saturated carbocycles. The molecule has 0 saturated heterocycles. The number of rotatable bonds is 1. The fourth-order valence-corrected chi connectivity index (χ4v) is 0.611. The summed E-state index contributed by atoms with van der Waals surface area (Å²) < 4.78 is 39.2. The molecule has 0 unspecified atom stereocenters. The molecule has 1 heterocycles. The topological polar surface area (TPSA) is 13.1 Å². The molecule has 0 aliphatic rings. The first-order valence-electron chi connectivity index (χ1n) is 2.67. The molecule has 1 aromatic heterocycles. The van der Waals surface area contributed by atoms with Crippen LogP contribution in [0.4, 0.5) is 13.2 Å². The number of hydrogen-bond donors (Lipinski definition) is 0. The van der Waals surface area contributed by atoms with Gasteiger partial charge in [-0.25, -0.2) is 0 Å². The minimum absolute atomic E-state index is 0.0486. The van der Waals surface area contributed by atoms with E-state index in [1.807, 2.05) is 0 Å². The highest BCUT2D eigenvalue weighted by molar-refractivity contribution is 4.99. The number of furan rings is 1. The molecule has 1 rings (SSSR count). The van der Waals surface area contributed by atoms with Crippen LogP contribution in [0.5, 0.6) is 0 Å². The van der Waals surface area contributed by atoms with Crippen LogP contribution in [-0.4, -0.2) is 6.18 Å². The van der Waals surface area contributed by atoms with E-state index in [0.717, 1.165) is 0 Å². The molecule has 0 bridgehead atoms. The van der Waals surface area contributed by atoms with Crippen molar-refractivity contribution in [2.24, 2.45) is 0 Å². The Labute approximate surface area is 55.5 Å². The third-order valence-corrected chi connectivity index (χ3v) is 0.955. The first-order chi connectivity index (χ1) is 4.58. The molecule has 4 heteroatoms. The molecular weight excluding hydrogens is 145 g/mol. The summed E-state index contributed by atoms with van der Waals surface area (Å²) >= 11 is 0. The second-order valence-corrected chi connectivity index (χ2v) is 1.87. The average Bonchev–Trinajstić information content (AvgIpc) is 2.12. The van der Waals surface area contributed by atoms with Gasteiger partial charge < -0.3 is 4.42 Å². The van der Waals surface area contributed by atoms with Crippen LogP contribution in [0.15, 0.2) is 22.8 Å². The molecule has 0 amide bonds. The van der Waals surface area contributed by atoms with Crippen LogP contribution in [0.3, 0.4) is 0 Å². The van der Waals surface area contributed by atoms with Gasteiger partial charge in [0.05, 0.1) is 6.26 Å². The monoisotopic (exact) mass is 150 g/mol. The van der Waals surface area contributed by atoms with Crippen LogP contribution in [-0.2, 0) is 6.42 Å². The second-order valence-electron chi connectivity index (χ2n) is 1.87. The molecule has 0 radical (unpaired) electrons. The third-order valence-electron chi connectivity index (χ3n) is 0.955. The van der Waals surface area contributed by atoms with Crippen molar-refractivity contribution in [3.63, 3.8) is 0 Å². The fourth-order valence-electron chi connectivity index (χ4n) is 0.611. The first kappa shape index (κ1) is 7.18. The molecule has 0 aliphatic carbocycles. The van der Waals surface area contributed by atoms with Crippen molar-refractivity contribution in [1.29, 1.82) is 0 Å². The summed E-state index contributed by atoms with van der Waals surface area (Å²) in [4.78, 5) is 0. The van der Waals surface area contributed by atoms with Crippen molar-refractivity contribution in [3.8, 4) is 0 Å². The summed E-state index contributed by atoms with van der Waals surface area (Å²) in [5.41, 5.74) is 0. The van der Waals surface area contributed by atoms with E-state index >= 15 is 0 Å². The Balaban J connectivity index is 2.57. The van der Waals surface area contributed by atoms with Gasteiger partial charge in [0.25, 0.3) is 0 Å². The molecule has 0 spiro atoms. The van der Waals surface area contributed by atoms with E-state index < -0.39 is 12.6 Å². The van der Waals surface area contributed by atoms with E-state index in [4.69, 9.17) is 0 Å². The van der Waals surface area contributed by atoms with Gasteiger partial charge in [-0.15, -0.1) is 0 Å². The number of hydrogen-bond acceptors (Lipinski definition) is 1. The zero-order valence-electron chi connectivity index (χ0n) is 4.98. The van der Waals surface area contributed by atoms with E-state index in [0.29, 0.717) is 0 Å². The van der Waals surface area contributed by atoms with Crippen molar-refractivity contribution in [3.05, 3.63) is 24.2 Å². The van der Waals surface area contributed by atoms with Crippen molar-refractivity contribution in [1.82, 2.24) is 0 Å². The molecule has 1 nitrogen and oxygen atoms in total. The summed E-state index contributed by atoms with van der Waals surface area (Å²) in [6.45, 7) is 0. The van der Waals surface area contributed by atoms with Crippen LogP contribution in [0.1, 0.15) is 5.76 Å². The van der Waals surface area contributed by atoms with Crippen LogP contribution in [0, 0.1) is 0 Å². The standard InChI is InChI=1S/C6H5F3O/c7-6(8,9)4-5-2-1-3-10-5/h1-3H,4H2. The van der Waals surface area contributed by atoms with Gasteiger partial charge in [-0.1, -0.05) is 0 Å². The fraction of sp³-hybridized carbons (Fsp3) is 0.333. The van der Waals surface area contributed by atoms with Gasteiger partial charge in [-0.2, -0.15) is 13.2 Å². The minimum atomic E-state index is -4.17. The zero-order valence-corrected chi connectivity index (χ0v) is 4.98. The van der Waals surface area contributed by atoms with Crippen LogP contribution in [0.25, 0.3) is 0 Å². The Bertz CT molecular complexity index is 187. The second kappa shape index (κ2) is 2.36. The van der Waals surface area contributed by atoms with Crippen LogP contribution >= 0.6 is 0 Å². The van der Waals surface area contributed by atoms with E-state index in [2.05, 4.69) is 4.42 Å². The summed E-state index contributed by atoms with van der Waals surface area (Å²) in [5, 5.41) is 0. The van der Waals surface area contributed by atoms with Gasteiger partial charge in [0, 0.05) is 0 Å². The lowest BCUT2D eigenvalue weighted by Gasteiger charge is -2.01. The quantitative estimate of drug-likeness (QED) is 0.599. The van der Waals surface area contributed by atoms with Crippen molar-refractivity contribution < 1.29 is 17.6 Å². The van der Waals surface area contributed by atoms with Gasteiger partial charge >= 0.3 is 6.18 Å². The predicted molar refractivity (Wildman–Crippen MR) is 28.5 cm³/mol. The smallest absolute Gasteiger partial charge is 0.396 e. The van der Waals surface area contributed by atoms with Gasteiger partial charge in [0.2, 0.25) is 0 Å². The SMILES string of the molecule is FC(F)(F)Cc1ccco1. The molecule has 0 aliphatic heterocycles. The lowest BCUT2D eigenvalue weighted by molar-refractivity contribution is -0.130. The Kier molecular flexibility index (Phi) is 1.70. The molecule has 56 valence electrons. The first-order valence-corrected chi connectivity index (χ1v) is 2.67. The zero-order chi connectivity index (χ0) is 7.61. The van der Waals surface area contributed by atoms with Gasteiger partial charge in [0.15, 0.2) is 0 Å². The van der Waals surface area contributed by atoms with Crippen molar-refractivity contribution in [2.75, 3.05) is 0 Å². The predicted octanol–water partition coefficient (Wildman–Crippen LogP) is 2.38. The van der Waals surface area contributed by atoms with Crippen molar-refractivity contribution >= 4 is 0 Å². The Hall–Kier alpha value is -0.930. The van der Waals surface area contributed by atoms with Gasteiger partial charge in [-0.3, -0.25) is 0 Å². The number of halogens is 3. The van der Waals surface area contributed by atoms with E-state index in [1.165, 1.54) is 18.4 Å². The lowest BCUT2D eigenvalue weighted by Crippen LogP contribution is -2.10. The van der Waals surface area contributed by atoms with E-state index in [9.17, 15) is 13.2 Å². The number of alkyl halides is 3. The van der Waals surface area contributed by atoms with Gasteiger partial charge in [-0.05, 0) is 12.1 Å². The average molecular weight is 150 g/mol. The molecule has 10 heavy (non-hydrogen) atoms. The van der Waals surface area contributed by atoms with E-state index in [-0.39, 0.29) is 5.76 Å². The molecule has 0 aromatic carbocycles. The molecule has 1 aromatic rings. The maximum absolute atomic E-state index is 11.6. The summed E-state index contributed by atoms with van der Waals surface area (Å²) in [5.74, 6) is -0.0486. The highest BCUT2D eigenvalue weighted by atomic mass is 19.4. The van der Waals surface area contributed by atoms with Gasteiger partial charge in [0.1, 0.15) is 12.2 Å². The lowest BCUT2D eigenvalue weighted by atomic mass is 10.3. The van der Waals surface area contributed by atoms with E-state index in [1.54, 1.807) is 0 Å². The van der Waals surface area contributed by atoms with Crippen LogP contribution < -0.4 is 0 Å². The minimum Gasteiger partial charge on any atom is -0.469 e. The maximum Gasteiger partial charge on any atom is 0.396 e. The summed E-state index contributed by atoms with van der Waals surface area (Å²) in [6, 6.07) is 2.73. The summed E-state index contributed by atoms with van der Waals surface area (Å²) in [6.07, 6.45) is -3.93. The third kappa shape index (κ3) is 2.13. The Morgan fingerprint density at radius 2 is 2.10 bits per heavy atom.